The van der Waals surface area contributed by atoms with E-state index in [1.807, 2.05) is 6.92 Å². The van der Waals surface area contributed by atoms with Crippen LogP contribution in [0.15, 0.2) is 27.5 Å². The third-order valence-electron chi connectivity index (χ3n) is 4.18. The summed E-state index contributed by atoms with van der Waals surface area (Å²) in [6.07, 6.45) is 0.924. The third-order valence-corrected chi connectivity index (χ3v) is 6.10. The molecular formula is C15H20N2O5S. The maximum absolute atomic E-state index is 12.9. The van der Waals surface area contributed by atoms with Crippen LogP contribution < -0.4 is 0 Å². The fraction of sp³-hybridized carbons (Fsp3) is 0.533. The highest BCUT2D eigenvalue weighted by Gasteiger charge is 2.40. The Hall–Kier alpha value is -1.48. The zero-order chi connectivity index (χ0) is 16.6. The molecule has 3 rings (SSSR count). The maximum Gasteiger partial charge on any atom is 0.243 e. The fourth-order valence-corrected chi connectivity index (χ4v) is 4.56. The van der Waals surface area contributed by atoms with Gasteiger partial charge in [-0.2, -0.15) is 4.31 Å². The van der Waals surface area contributed by atoms with E-state index in [2.05, 4.69) is 4.98 Å². The van der Waals surface area contributed by atoms with Crippen molar-refractivity contribution in [2.45, 2.75) is 36.8 Å². The Kier molecular flexibility index (Phi) is 4.41. The van der Waals surface area contributed by atoms with Gasteiger partial charge < -0.3 is 14.3 Å². The Morgan fingerprint density at radius 3 is 2.91 bits per heavy atom. The van der Waals surface area contributed by atoms with Crippen LogP contribution in [0.2, 0.25) is 0 Å². The number of aromatic nitrogens is 1. The van der Waals surface area contributed by atoms with Gasteiger partial charge in [-0.1, -0.05) is 6.92 Å². The Balaban J connectivity index is 1.98. The number of methoxy groups -OCH3 is 1. The molecule has 2 heterocycles. The molecule has 0 bridgehead atoms. The monoisotopic (exact) mass is 340 g/mol. The molecule has 0 spiro atoms. The SMILES string of the molecule is CCc1nc2cc(S(=O)(=O)N3C[C@H](OC)C[C@H]3CO)ccc2o1. The van der Waals surface area contributed by atoms with Gasteiger partial charge in [0.15, 0.2) is 11.5 Å². The van der Waals surface area contributed by atoms with Crippen molar-refractivity contribution in [2.24, 2.45) is 0 Å². The van der Waals surface area contributed by atoms with Gasteiger partial charge in [-0.3, -0.25) is 0 Å². The van der Waals surface area contributed by atoms with Crippen LogP contribution in [0.4, 0.5) is 0 Å². The molecule has 0 radical (unpaired) electrons. The molecule has 0 unspecified atom stereocenters. The summed E-state index contributed by atoms with van der Waals surface area (Å²) in [6.45, 7) is 1.93. The number of aliphatic hydroxyl groups is 1. The molecule has 2 atom stereocenters. The minimum absolute atomic E-state index is 0.149. The molecule has 1 aliphatic heterocycles. The van der Waals surface area contributed by atoms with E-state index in [9.17, 15) is 13.5 Å². The second-order valence-corrected chi connectivity index (χ2v) is 7.49. The number of oxazole rings is 1. The van der Waals surface area contributed by atoms with E-state index < -0.39 is 16.1 Å². The second kappa shape index (κ2) is 6.20. The van der Waals surface area contributed by atoms with Crippen LogP contribution in [-0.2, 0) is 21.2 Å². The van der Waals surface area contributed by atoms with Gasteiger partial charge in [-0.25, -0.2) is 13.4 Å². The highest BCUT2D eigenvalue weighted by molar-refractivity contribution is 7.89. The first kappa shape index (κ1) is 16.4. The molecule has 0 amide bonds. The van der Waals surface area contributed by atoms with Crippen molar-refractivity contribution in [1.82, 2.24) is 9.29 Å². The Morgan fingerprint density at radius 2 is 2.26 bits per heavy atom. The first-order valence-electron chi connectivity index (χ1n) is 7.54. The van der Waals surface area contributed by atoms with Crippen molar-refractivity contribution < 1.29 is 22.7 Å². The standard InChI is InChI=1S/C15H20N2O5S/c1-3-15-16-13-7-12(4-5-14(13)22-15)23(19,20)17-8-11(21-2)6-10(17)9-18/h4-5,7,10-11,18H,3,6,8-9H2,1-2H3/t10-,11+/m0/s1. The predicted octanol–water partition coefficient (Wildman–Crippen LogP) is 1.16. The van der Waals surface area contributed by atoms with Crippen LogP contribution >= 0.6 is 0 Å². The number of hydrogen-bond donors (Lipinski definition) is 1. The minimum atomic E-state index is -3.72. The van der Waals surface area contributed by atoms with Crippen LogP contribution in [0.1, 0.15) is 19.2 Å². The number of fused-ring (bicyclic) bond motifs is 1. The van der Waals surface area contributed by atoms with Crippen LogP contribution in [0.3, 0.4) is 0 Å². The summed E-state index contributed by atoms with van der Waals surface area (Å²) >= 11 is 0. The fourth-order valence-electron chi connectivity index (χ4n) is 2.88. The van der Waals surface area contributed by atoms with E-state index in [1.54, 1.807) is 13.2 Å². The van der Waals surface area contributed by atoms with Gasteiger partial charge >= 0.3 is 0 Å². The second-order valence-electron chi connectivity index (χ2n) is 5.60. The van der Waals surface area contributed by atoms with Gasteiger partial charge in [-0.15, -0.1) is 0 Å². The van der Waals surface area contributed by atoms with Crippen LogP contribution in [-0.4, -0.2) is 55.2 Å². The number of aliphatic hydroxyl groups excluding tert-OH is 1. The number of rotatable bonds is 5. The van der Waals surface area contributed by atoms with Gasteiger partial charge in [0.05, 0.1) is 23.6 Å². The van der Waals surface area contributed by atoms with E-state index >= 15 is 0 Å². The summed E-state index contributed by atoms with van der Waals surface area (Å²) < 4.78 is 37.8. The molecule has 0 aliphatic carbocycles. The maximum atomic E-state index is 12.9. The highest BCUT2D eigenvalue weighted by atomic mass is 32.2. The van der Waals surface area contributed by atoms with Crippen LogP contribution in [0.5, 0.6) is 0 Å². The van der Waals surface area contributed by atoms with Gasteiger partial charge in [-0.05, 0) is 24.6 Å². The third kappa shape index (κ3) is 2.87. The average molecular weight is 340 g/mol. The number of aryl methyl sites for hydroxylation is 1. The molecule has 1 N–H and O–H groups in total. The van der Waals surface area contributed by atoms with Crippen molar-refractivity contribution >= 4 is 21.1 Å². The number of ether oxygens (including phenoxy) is 1. The lowest BCUT2D eigenvalue weighted by Crippen LogP contribution is -2.38. The number of hydrogen-bond acceptors (Lipinski definition) is 6. The first-order chi connectivity index (χ1) is 11.0. The largest absolute Gasteiger partial charge is 0.441 e. The summed E-state index contributed by atoms with van der Waals surface area (Å²) in [6, 6.07) is 4.18. The summed E-state index contributed by atoms with van der Waals surface area (Å²) in [4.78, 5) is 4.43. The zero-order valence-corrected chi connectivity index (χ0v) is 13.9. The minimum Gasteiger partial charge on any atom is -0.441 e. The lowest BCUT2D eigenvalue weighted by molar-refractivity contribution is 0.113. The van der Waals surface area contributed by atoms with Gasteiger partial charge in [0.2, 0.25) is 10.0 Å². The van der Waals surface area contributed by atoms with E-state index in [1.165, 1.54) is 16.4 Å². The Labute approximate surface area is 134 Å². The molecule has 8 heteroatoms. The molecule has 1 aliphatic rings. The van der Waals surface area contributed by atoms with Gasteiger partial charge in [0.25, 0.3) is 0 Å². The van der Waals surface area contributed by atoms with E-state index in [-0.39, 0.29) is 24.2 Å². The number of benzene rings is 1. The molecule has 1 aromatic heterocycles. The van der Waals surface area contributed by atoms with Crippen molar-refractivity contribution in [3.05, 3.63) is 24.1 Å². The summed E-state index contributed by atoms with van der Waals surface area (Å²) in [5, 5.41) is 9.48. The smallest absolute Gasteiger partial charge is 0.243 e. The van der Waals surface area contributed by atoms with Crippen molar-refractivity contribution in [1.29, 1.82) is 0 Å². The van der Waals surface area contributed by atoms with E-state index in [0.29, 0.717) is 29.8 Å². The quantitative estimate of drug-likeness (QED) is 0.878. The summed E-state index contributed by atoms with van der Waals surface area (Å²) in [5.41, 5.74) is 1.08. The molecule has 1 saturated heterocycles. The molecule has 1 aromatic carbocycles. The van der Waals surface area contributed by atoms with Gasteiger partial charge in [0, 0.05) is 20.1 Å². The van der Waals surface area contributed by atoms with E-state index in [0.717, 1.165) is 0 Å². The van der Waals surface area contributed by atoms with Crippen molar-refractivity contribution in [3.8, 4) is 0 Å². The molecule has 2 aromatic rings. The molecule has 126 valence electrons. The van der Waals surface area contributed by atoms with Gasteiger partial charge in [0.1, 0.15) is 5.52 Å². The zero-order valence-electron chi connectivity index (χ0n) is 13.1. The lowest BCUT2D eigenvalue weighted by Gasteiger charge is -2.22. The van der Waals surface area contributed by atoms with Crippen LogP contribution in [0.25, 0.3) is 11.1 Å². The molecule has 1 fully saturated rings. The lowest BCUT2D eigenvalue weighted by atomic mass is 10.2. The predicted molar refractivity (Wildman–Crippen MR) is 83.6 cm³/mol. The van der Waals surface area contributed by atoms with Crippen molar-refractivity contribution in [2.75, 3.05) is 20.3 Å². The normalized spacial score (nSPS) is 22.9. The topological polar surface area (TPSA) is 92.9 Å². The molecule has 23 heavy (non-hydrogen) atoms. The Bertz CT molecular complexity index is 801. The number of sulfonamides is 1. The molecule has 0 saturated carbocycles. The average Bonchev–Trinajstić information content (AvgIpc) is 3.17. The first-order valence-corrected chi connectivity index (χ1v) is 8.98. The molecule has 7 nitrogen and oxygen atoms in total. The summed E-state index contributed by atoms with van der Waals surface area (Å²) in [5.74, 6) is 0.573. The van der Waals surface area contributed by atoms with Crippen LogP contribution in [0, 0.1) is 0 Å². The Morgan fingerprint density at radius 1 is 1.48 bits per heavy atom. The van der Waals surface area contributed by atoms with E-state index in [4.69, 9.17) is 9.15 Å². The highest BCUT2D eigenvalue weighted by Crippen LogP contribution is 2.29. The summed E-state index contributed by atoms with van der Waals surface area (Å²) in [7, 11) is -2.18. The molecular weight excluding hydrogens is 320 g/mol. The van der Waals surface area contributed by atoms with Crippen molar-refractivity contribution in [3.63, 3.8) is 0 Å². The number of nitrogens with zero attached hydrogens (tertiary/aromatic N) is 2.